The molecule has 20 heavy (non-hydrogen) atoms. The van der Waals surface area contributed by atoms with E-state index in [9.17, 15) is 8.78 Å². The minimum Gasteiger partial charge on any atom is -0.493 e. The van der Waals surface area contributed by atoms with Crippen molar-refractivity contribution in [2.24, 2.45) is 0 Å². The van der Waals surface area contributed by atoms with Crippen LogP contribution < -0.4 is 10.1 Å². The van der Waals surface area contributed by atoms with Crippen LogP contribution >= 0.6 is 27.5 Å². The third-order valence-corrected chi connectivity index (χ3v) is 3.54. The fourth-order valence-corrected chi connectivity index (χ4v) is 2.76. The summed E-state index contributed by atoms with van der Waals surface area (Å²) < 4.78 is 33.0. The van der Waals surface area contributed by atoms with Crippen molar-refractivity contribution in [3.8, 4) is 5.75 Å². The SMILES string of the molecule is COc1c(Br)cc(Cl)cc1NCc1c(F)cccc1F. The van der Waals surface area contributed by atoms with E-state index in [1.807, 2.05) is 0 Å². The van der Waals surface area contributed by atoms with Gasteiger partial charge in [0.1, 0.15) is 11.6 Å². The van der Waals surface area contributed by atoms with Gasteiger partial charge in [0.2, 0.25) is 0 Å². The standard InChI is InChI=1S/C14H11BrClF2NO/c1-20-14-10(15)5-8(16)6-13(14)19-7-9-11(17)3-2-4-12(9)18/h2-6,19H,7H2,1H3. The molecular weight excluding hydrogens is 352 g/mol. The Labute approximate surface area is 128 Å². The first-order chi connectivity index (χ1) is 9.52. The molecule has 0 aromatic heterocycles. The quantitative estimate of drug-likeness (QED) is 0.826. The highest BCUT2D eigenvalue weighted by Gasteiger charge is 2.12. The highest BCUT2D eigenvalue weighted by molar-refractivity contribution is 9.10. The first kappa shape index (κ1) is 15.1. The first-order valence-electron chi connectivity index (χ1n) is 5.72. The van der Waals surface area contributed by atoms with Gasteiger partial charge in [-0.25, -0.2) is 8.78 Å². The highest BCUT2D eigenvalue weighted by Crippen LogP contribution is 2.36. The van der Waals surface area contributed by atoms with Crippen LogP contribution in [0.1, 0.15) is 5.56 Å². The molecule has 6 heteroatoms. The van der Waals surface area contributed by atoms with Crippen molar-refractivity contribution in [2.45, 2.75) is 6.54 Å². The van der Waals surface area contributed by atoms with Crippen LogP contribution in [-0.2, 0) is 6.54 Å². The second-order valence-electron chi connectivity index (χ2n) is 4.02. The zero-order valence-corrected chi connectivity index (χ0v) is 12.9. The number of nitrogens with one attached hydrogen (secondary N) is 1. The summed E-state index contributed by atoms with van der Waals surface area (Å²) in [5, 5.41) is 3.41. The molecule has 0 heterocycles. The Morgan fingerprint density at radius 3 is 2.50 bits per heavy atom. The van der Waals surface area contributed by atoms with Crippen molar-refractivity contribution in [3.05, 3.63) is 57.0 Å². The molecule has 2 nitrogen and oxygen atoms in total. The fourth-order valence-electron chi connectivity index (χ4n) is 1.78. The first-order valence-corrected chi connectivity index (χ1v) is 6.90. The molecule has 2 aromatic carbocycles. The van der Waals surface area contributed by atoms with E-state index in [0.29, 0.717) is 20.9 Å². The van der Waals surface area contributed by atoms with E-state index in [2.05, 4.69) is 21.2 Å². The molecule has 2 rings (SSSR count). The van der Waals surface area contributed by atoms with Gasteiger partial charge in [0.15, 0.2) is 5.75 Å². The van der Waals surface area contributed by atoms with Crippen LogP contribution in [0.5, 0.6) is 5.75 Å². The monoisotopic (exact) mass is 361 g/mol. The van der Waals surface area contributed by atoms with Gasteiger partial charge in [-0.1, -0.05) is 17.7 Å². The molecule has 0 atom stereocenters. The highest BCUT2D eigenvalue weighted by atomic mass is 79.9. The van der Waals surface area contributed by atoms with Gasteiger partial charge in [-0.2, -0.15) is 0 Å². The Bertz CT molecular complexity index is 617. The van der Waals surface area contributed by atoms with Crippen molar-refractivity contribution in [3.63, 3.8) is 0 Å². The number of methoxy groups -OCH3 is 1. The van der Waals surface area contributed by atoms with Gasteiger partial charge < -0.3 is 10.1 Å². The molecule has 0 amide bonds. The Morgan fingerprint density at radius 2 is 1.90 bits per heavy atom. The van der Waals surface area contributed by atoms with E-state index in [4.69, 9.17) is 16.3 Å². The van der Waals surface area contributed by atoms with Crippen LogP contribution in [0.15, 0.2) is 34.8 Å². The summed E-state index contributed by atoms with van der Waals surface area (Å²) in [5.74, 6) is -0.679. The number of ether oxygens (including phenoxy) is 1. The predicted molar refractivity (Wildman–Crippen MR) is 79.4 cm³/mol. The minimum absolute atomic E-state index is 0.0123. The lowest BCUT2D eigenvalue weighted by molar-refractivity contribution is 0.413. The van der Waals surface area contributed by atoms with Gasteiger partial charge in [0, 0.05) is 17.1 Å². The van der Waals surface area contributed by atoms with Crippen molar-refractivity contribution < 1.29 is 13.5 Å². The number of rotatable bonds is 4. The Morgan fingerprint density at radius 1 is 1.25 bits per heavy atom. The fraction of sp³-hybridized carbons (Fsp3) is 0.143. The Hall–Kier alpha value is -1.33. The lowest BCUT2D eigenvalue weighted by atomic mass is 10.2. The van der Waals surface area contributed by atoms with E-state index in [1.165, 1.54) is 25.3 Å². The van der Waals surface area contributed by atoms with Gasteiger partial charge in [-0.15, -0.1) is 0 Å². The van der Waals surface area contributed by atoms with Gasteiger partial charge in [-0.3, -0.25) is 0 Å². The summed E-state index contributed by atoms with van der Waals surface area (Å²) in [6.07, 6.45) is 0. The second-order valence-corrected chi connectivity index (χ2v) is 5.31. The van der Waals surface area contributed by atoms with Crippen molar-refractivity contribution >= 4 is 33.2 Å². The maximum Gasteiger partial charge on any atom is 0.156 e. The van der Waals surface area contributed by atoms with Gasteiger partial charge in [-0.05, 0) is 40.2 Å². The lowest BCUT2D eigenvalue weighted by Crippen LogP contribution is -2.06. The summed E-state index contributed by atoms with van der Waals surface area (Å²) in [7, 11) is 1.50. The summed E-state index contributed by atoms with van der Waals surface area (Å²) in [5.41, 5.74) is 0.514. The Balaban J connectivity index is 2.27. The predicted octanol–water partition coefficient (Wildman–Crippen LogP) is 5.00. The number of halogens is 4. The minimum atomic E-state index is -0.599. The molecule has 0 aliphatic rings. The third kappa shape index (κ3) is 3.22. The van der Waals surface area contributed by atoms with E-state index in [-0.39, 0.29) is 12.1 Å². The molecule has 0 fully saturated rings. The number of benzene rings is 2. The van der Waals surface area contributed by atoms with Crippen LogP contribution in [0.2, 0.25) is 5.02 Å². The summed E-state index contributed by atoms with van der Waals surface area (Å²) in [6, 6.07) is 7.06. The topological polar surface area (TPSA) is 21.3 Å². The molecule has 0 unspecified atom stereocenters. The maximum absolute atomic E-state index is 13.5. The molecule has 0 saturated heterocycles. The molecule has 0 aliphatic heterocycles. The molecule has 2 aromatic rings. The van der Waals surface area contributed by atoms with Crippen LogP contribution in [0.3, 0.4) is 0 Å². The smallest absolute Gasteiger partial charge is 0.156 e. The molecular formula is C14H11BrClF2NO. The molecule has 0 saturated carbocycles. The summed E-state index contributed by atoms with van der Waals surface area (Å²) in [4.78, 5) is 0. The van der Waals surface area contributed by atoms with Crippen LogP contribution in [0.4, 0.5) is 14.5 Å². The second kappa shape index (κ2) is 6.41. The van der Waals surface area contributed by atoms with Crippen molar-refractivity contribution in [1.29, 1.82) is 0 Å². The lowest BCUT2D eigenvalue weighted by Gasteiger charge is -2.14. The molecule has 0 radical (unpaired) electrons. The third-order valence-electron chi connectivity index (χ3n) is 2.73. The van der Waals surface area contributed by atoms with Crippen LogP contribution in [0.25, 0.3) is 0 Å². The zero-order chi connectivity index (χ0) is 14.7. The Kier molecular flexibility index (Phi) is 4.83. The van der Waals surface area contributed by atoms with E-state index >= 15 is 0 Å². The summed E-state index contributed by atoms with van der Waals surface area (Å²) in [6.45, 7) is -0.0123. The van der Waals surface area contributed by atoms with E-state index < -0.39 is 11.6 Å². The average Bonchev–Trinajstić information content (AvgIpc) is 2.37. The van der Waals surface area contributed by atoms with Crippen LogP contribution in [-0.4, -0.2) is 7.11 Å². The van der Waals surface area contributed by atoms with E-state index in [1.54, 1.807) is 12.1 Å². The molecule has 1 N–H and O–H groups in total. The molecule has 0 bridgehead atoms. The number of anilines is 1. The van der Waals surface area contributed by atoms with Gasteiger partial charge in [0.25, 0.3) is 0 Å². The normalized spacial score (nSPS) is 10.4. The average molecular weight is 363 g/mol. The molecule has 0 aliphatic carbocycles. The van der Waals surface area contributed by atoms with E-state index in [0.717, 1.165) is 0 Å². The number of hydrogen-bond donors (Lipinski definition) is 1. The maximum atomic E-state index is 13.5. The number of hydrogen-bond acceptors (Lipinski definition) is 2. The van der Waals surface area contributed by atoms with Gasteiger partial charge in [0.05, 0.1) is 17.3 Å². The van der Waals surface area contributed by atoms with Crippen molar-refractivity contribution in [2.75, 3.05) is 12.4 Å². The zero-order valence-electron chi connectivity index (χ0n) is 10.5. The van der Waals surface area contributed by atoms with Gasteiger partial charge >= 0.3 is 0 Å². The largest absolute Gasteiger partial charge is 0.493 e. The molecule has 0 spiro atoms. The summed E-state index contributed by atoms with van der Waals surface area (Å²) >= 11 is 9.27. The van der Waals surface area contributed by atoms with Crippen LogP contribution in [0, 0.1) is 11.6 Å². The van der Waals surface area contributed by atoms with Crippen molar-refractivity contribution in [1.82, 2.24) is 0 Å². The molecule has 106 valence electrons.